The highest BCUT2D eigenvalue weighted by Crippen LogP contribution is 2.36. The molecule has 0 amide bonds. The van der Waals surface area contributed by atoms with E-state index in [0.29, 0.717) is 6.42 Å². The normalized spacial score (nSPS) is 16.4. The molecule has 1 fully saturated rings. The number of Topliss-reactive ketones (excluding diaryl/α,β-unsaturated/α-hetero) is 1. The van der Waals surface area contributed by atoms with Crippen LogP contribution in [0.15, 0.2) is 24.3 Å². The van der Waals surface area contributed by atoms with E-state index < -0.39 is 0 Å². The van der Waals surface area contributed by atoms with Crippen LogP contribution in [0.1, 0.15) is 43.2 Å². The van der Waals surface area contributed by atoms with Gasteiger partial charge >= 0.3 is 0 Å². The van der Waals surface area contributed by atoms with Crippen LogP contribution in [0.5, 0.6) is 0 Å². The first-order valence-corrected chi connectivity index (χ1v) is 5.34. The summed E-state index contributed by atoms with van der Waals surface area (Å²) in [5, 5.41) is 0. The van der Waals surface area contributed by atoms with Crippen molar-refractivity contribution in [1.82, 2.24) is 0 Å². The van der Waals surface area contributed by atoms with Crippen molar-refractivity contribution < 1.29 is 4.79 Å². The first-order chi connectivity index (χ1) is 6.75. The Balaban J connectivity index is 2.05. The summed E-state index contributed by atoms with van der Waals surface area (Å²) in [4.78, 5) is 10.9. The molecule has 2 rings (SSSR count). The standard InChI is InChI=1S/C13H16O/c1-10(14)9-11-5-7-13(8-6-11)12-3-2-4-12/h5-8,12H,2-4,9H2,1H3. The monoisotopic (exact) mass is 188 g/mol. The minimum Gasteiger partial charge on any atom is -0.300 e. The molecule has 0 heterocycles. The van der Waals surface area contributed by atoms with Gasteiger partial charge in [0, 0.05) is 6.42 Å². The Morgan fingerprint density at radius 3 is 2.36 bits per heavy atom. The van der Waals surface area contributed by atoms with Crippen molar-refractivity contribution in [2.24, 2.45) is 0 Å². The number of rotatable bonds is 3. The molecule has 1 nitrogen and oxygen atoms in total. The third-order valence-corrected chi connectivity index (χ3v) is 3.01. The Labute approximate surface area is 85.1 Å². The Hall–Kier alpha value is -1.11. The second kappa shape index (κ2) is 3.95. The maximum Gasteiger partial charge on any atom is 0.134 e. The van der Waals surface area contributed by atoms with Gasteiger partial charge in [-0.2, -0.15) is 0 Å². The zero-order valence-corrected chi connectivity index (χ0v) is 8.62. The van der Waals surface area contributed by atoms with E-state index >= 15 is 0 Å². The fourth-order valence-corrected chi connectivity index (χ4v) is 1.94. The van der Waals surface area contributed by atoms with E-state index in [1.165, 1.54) is 24.8 Å². The molecule has 1 heteroatoms. The fraction of sp³-hybridized carbons (Fsp3) is 0.462. The summed E-state index contributed by atoms with van der Waals surface area (Å²) in [6.45, 7) is 1.64. The van der Waals surface area contributed by atoms with E-state index in [2.05, 4.69) is 24.3 Å². The van der Waals surface area contributed by atoms with Gasteiger partial charge in [-0.05, 0) is 36.8 Å². The number of carbonyl (C=O) groups is 1. The first kappa shape index (κ1) is 9.45. The van der Waals surface area contributed by atoms with Gasteiger partial charge in [-0.15, -0.1) is 0 Å². The average molecular weight is 188 g/mol. The van der Waals surface area contributed by atoms with Crippen molar-refractivity contribution in [3.05, 3.63) is 35.4 Å². The van der Waals surface area contributed by atoms with Crippen molar-refractivity contribution >= 4 is 5.78 Å². The number of carbonyl (C=O) groups excluding carboxylic acids is 1. The van der Waals surface area contributed by atoms with Crippen molar-refractivity contribution in [2.75, 3.05) is 0 Å². The third-order valence-electron chi connectivity index (χ3n) is 3.01. The zero-order chi connectivity index (χ0) is 9.97. The molecule has 0 spiro atoms. The lowest BCUT2D eigenvalue weighted by atomic mass is 9.80. The summed E-state index contributed by atoms with van der Waals surface area (Å²) < 4.78 is 0. The van der Waals surface area contributed by atoms with E-state index in [-0.39, 0.29) is 5.78 Å². The lowest BCUT2D eigenvalue weighted by molar-refractivity contribution is -0.116. The summed E-state index contributed by atoms with van der Waals surface area (Å²) in [5.74, 6) is 1.03. The highest BCUT2D eigenvalue weighted by Gasteiger charge is 2.18. The van der Waals surface area contributed by atoms with Crippen LogP contribution in [0, 0.1) is 0 Å². The predicted molar refractivity (Wildman–Crippen MR) is 57.4 cm³/mol. The van der Waals surface area contributed by atoms with Crippen LogP contribution in [-0.4, -0.2) is 5.78 Å². The molecule has 74 valence electrons. The van der Waals surface area contributed by atoms with E-state index in [1.54, 1.807) is 6.92 Å². The van der Waals surface area contributed by atoms with Gasteiger partial charge in [0.1, 0.15) is 5.78 Å². The van der Waals surface area contributed by atoms with Crippen molar-refractivity contribution in [3.63, 3.8) is 0 Å². The molecule has 0 atom stereocenters. The van der Waals surface area contributed by atoms with Gasteiger partial charge in [0.15, 0.2) is 0 Å². The van der Waals surface area contributed by atoms with E-state index in [9.17, 15) is 4.79 Å². The number of hydrogen-bond donors (Lipinski definition) is 0. The second-order valence-electron chi connectivity index (χ2n) is 4.25. The van der Waals surface area contributed by atoms with Crippen molar-refractivity contribution in [2.45, 2.75) is 38.5 Å². The zero-order valence-electron chi connectivity index (χ0n) is 8.62. The predicted octanol–water partition coefficient (Wildman–Crippen LogP) is 3.09. The highest BCUT2D eigenvalue weighted by atomic mass is 16.1. The van der Waals surface area contributed by atoms with Crippen LogP contribution in [0.2, 0.25) is 0 Å². The molecule has 14 heavy (non-hydrogen) atoms. The summed E-state index contributed by atoms with van der Waals surface area (Å²) >= 11 is 0. The van der Waals surface area contributed by atoms with Gasteiger partial charge in [0.25, 0.3) is 0 Å². The Morgan fingerprint density at radius 2 is 1.93 bits per heavy atom. The molecule has 0 N–H and O–H groups in total. The average Bonchev–Trinajstić information content (AvgIpc) is 2.04. The summed E-state index contributed by atoms with van der Waals surface area (Å²) in [7, 11) is 0. The number of ketones is 1. The van der Waals surface area contributed by atoms with Crippen LogP contribution >= 0.6 is 0 Å². The Bertz CT molecular complexity index is 320. The first-order valence-electron chi connectivity index (χ1n) is 5.34. The van der Waals surface area contributed by atoms with Gasteiger partial charge in [-0.1, -0.05) is 30.7 Å². The summed E-state index contributed by atoms with van der Waals surface area (Å²) in [6.07, 6.45) is 4.63. The number of benzene rings is 1. The van der Waals surface area contributed by atoms with Gasteiger partial charge in [-0.3, -0.25) is 4.79 Å². The van der Waals surface area contributed by atoms with E-state index in [4.69, 9.17) is 0 Å². The van der Waals surface area contributed by atoms with E-state index in [1.807, 2.05) is 0 Å². The van der Waals surface area contributed by atoms with Crippen LogP contribution in [0.25, 0.3) is 0 Å². The molecule has 0 unspecified atom stereocenters. The summed E-state index contributed by atoms with van der Waals surface area (Å²) in [5.41, 5.74) is 2.59. The fourth-order valence-electron chi connectivity index (χ4n) is 1.94. The molecule has 1 saturated carbocycles. The molecule has 0 saturated heterocycles. The SMILES string of the molecule is CC(=O)Cc1ccc(C2CCC2)cc1. The van der Waals surface area contributed by atoms with Crippen molar-refractivity contribution in [1.29, 1.82) is 0 Å². The van der Waals surface area contributed by atoms with Crippen molar-refractivity contribution in [3.8, 4) is 0 Å². The van der Waals surface area contributed by atoms with Crippen LogP contribution in [-0.2, 0) is 11.2 Å². The topological polar surface area (TPSA) is 17.1 Å². The minimum atomic E-state index is 0.237. The second-order valence-corrected chi connectivity index (χ2v) is 4.25. The molecule has 1 aromatic carbocycles. The highest BCUT2D eigenvalue weighted by molar-refractivity contribution is 5.78. The largest absolute Gasteiger partial charge is 0.300 e. The van der Waals surface area contributed by atoms with Gasteiger partial charge < -0.3 is 0 Å². The smallest absolute Gasteiger partial charge is 0.134 e. The molecule has 1 aromatic rings. The van der Waals surface area contributed by atoms with E-state index in [0.717, 1.165) is 11.5 Å². The Morgan fingerprint density at radius 1 is 1.29 bits per heavy atom. The minimum absolute atomic E-state index is 0.237. The molecule has 0 bridgehead atoms. The van der Waals surface area contributed by atoms with Gasteiger partial charge in [0.05, 0.1) is 0 Å². The van der Waals surface area contributed by atoms with Gasteiger partial charge in [-0.25, -0.2) is 0 Å². The molecule has 0 aliphatic heterocycles. The van der Waals surface area contributed by atoms with Crippen LogP contribution in [0.3, 0.4) is 0 Å². The van der Waals surface area contributed by atoms with Gasteiger partial charge in [0.2, 0.25) is 0 Å². The molecule has 1 aliphatic carbocycles. The lowest BCUT2D eigenvalue weighted by Gasteiger charge is -2.25. The Kier molecular flexibility index (Phi) is 2.67. The maximum atomic E-state index is 10.9. The summed E-state index contributed by atoms with van der Waals surface area (Å²) in [6, 6.07) is 8.55. The molecular formula is C13H16O. The molecule has 0 aromatic heterocycles. The maximum absolute atomic E-state index is 10.9. The lowest BCUT2D eigenvalue weighted by Crippen LogP contribution is -2.08. The number of hydrogen-bond acceptors (Lipinski definition) is 1. The quantitative estimate of drug-likeness (QED) is 0.712. The van der Waals surface area contributed by atoms with Crippen LogP contribution < -0.4 is 0 Å². The van der Waals surface area contributed by atoms with Crippen LogP contribution in [0.4, 0.5) is 0 Å². The molecule has 0 radical (unpaired) electrons. The molecular weight excluding hydrogens is 172 g/mol. The molecule has 1 aliphatic rings. The third kappa shape index (κ3) is 2.03.